The van der Waals surface area contributed by atoms with E-state index in [2.05, 4.69) is 29.2 Å². The summed E-state index contributed by atoms with van der Waals surface area (Å²) in [5.41, 5.74) is 1.22. The summed E-state index contributed by atoms with van der Waals surface area (Å²) in [6.07, 6.45) is 10.3. The van der Waals surface area contributed by atoms with E-state index in [4.69, 9.17) is 0 Å². The molecular formula is C19H27NOS2. The molecule has 1 atom stereocenters. The minimum absolute atomic E-state index is 0.360. The van der Waals surface area contributed by atoms with E-state index in [1.807, 2.05) is 37.7 Å². The first-order valence-electron chi connectivity index (χ1n) is 8.30. The quantitative estimate of drug-likeness (QED) is 0.700. The van der Waals surface area contributed by atoms with Gasteiger partial charge in [0.1, 0.15) is 0 Å². The summed E-state index contributed by atoms with van der Waals surface area (Å²) >= 11 is 1.75. The van der Waals surface area contributed by atoms with Crippen LogP contribution in [0, 0.1) is 0 Å². The molecule has 0 heterocycles. The maximum atomic E-state index is 12.5. The van der Waals surface area contributed by atoms with Crippen molar-refractivity contribution >= 4 is 28.6 Å². The first kappa shape index (κ1) is 18.3. The van der Waals surface area contributed by atoms with E-state index in [0.717, 1.165) is 23.6 Å². The molecule has 0 amide bonds. The average molecular weight is 350 g/mol. The standard InChI is InChI=1S/C19H27NOS2/c1-20(2)19(16-23(21)18-13-7-4-8-14-18)22-15-9-12-17-10-5-3-6-11-17/h3,5-6,9-12,16,18H,4,7-8,13-15H2,1-2H3/b12-9-,19-16-. The first-order valence-corrected chi connectivity index (χ1v) is 10.6. The minimum Gasteiger partial charge on any atom is -0.372 e. The van der Waals surface area contributed by atoms with Gasteiger partial charge in [-0.05, 0) is 18.4 Å². The summed E-state index contributed by atoms with van der Waals surface area (Å²) in [4.78, 5) is 2.07. The smallest absolute Gasteiger partial charge is 0.0795 e. The van der Waals surface area contributed by atoms with Gasteiger partial charge in [0, 0.05) is 30.5 Å². The van der Waals surface area contributed by atoms with Crippen molar-refractivity contribution in [1.29, 1.82) is 0 Å². The average Bonchev–Trinajstić information content (AvgIpc) is 2.59. The van der Waals surface area contributed by atoms with Gasteiger partial charge in [-0.1, -0.05) is 61.7 Å². The van der Waals surface area contributed by atoms with Gasteiger partial charge in [0.05, 0.1) is 15.8 Å². The van der Waals surface area contributed by atoms with Gasteiger partial charge in [-0.25, -0.2) is 0 Å². The molecule has 1 aliphatic rings. The molecule has 2 nitrogen and oxygen atoms in total. The summed E-state index contributed by atoms with van der Waals surface area (Å²) < 4.78 is 12.5. The molecule has 23 heavy (non-hydrogen) atoms. The van der Waals surface area contributed by atoms with Crippen LogP contribution in [0.3, 0.4) is 0 Å². The maximum Gasteiger partial charge on any atom is 0.0795 e. The Morgan fingerprint density at radius 3 is 2.57 bits per heavy atom. The molecule has 0 aliphatic heterocycles. The molecule has 0 N–H and O–H groups in total. The monoisotopic (exact) mass is 349 g/mol. The van der Waals surface area contributed by atoms with Crippen LogP contribution >= 0.6 is 11.8 Å². The molecule has 0 aromatic heterocycles. The molecule has 0 bridgehead atoms. The zero-order chi connectivity index (χ0) is 16.5. The highest BCUT2D eigenvalue weighted by Crippen LogP contribution is 2.26. The van der Waals surface area contributed by atoms with E-state index < -0.39 is 10.8 Å². The van der Waals surface area contributed by atoms with E-state index in [0.29, 0.717) is 5.25 Å². The summed E-state index contributed by atoms with van der Waals surface area (Å²) in [5.74, 6) is 0.890. The van der Waals surface area contributed by atoms with E-state index in [-0.39, 0.29) is 0 Å². The predicted molar refractivity (Wildman–Crippen MR) is 105 cm³/mol. The lowest BCUT2D eigenvalue weighted by Gasteiger charge is -2.21. The molecule has 0 radical (unpaired) electrons. The van der Waals surface area contributed by atoms with Gasteiger partial charge in [0.2, 0.25) is 0 Å². The summed E-state index contributed by atoms with van der Waals surface area (Å²) in [6.45, 7) is 0. The van der Waals surface area contributed by atoms with E-state index in [9.17, 15) is 4.21 Å². The maximum absolute atomic E-state index is 12.5. The molecule has 126 valence electrons. The predicted octanol–water partition coefficient (Wildman–Crippen LogP) is 4.87. The van der Waals surface area contributed by atoms with Crippen LogP contribution < -0.4 is 0 Å². The van der Waals surface area contributed by atoms with Crippen molar-refractivity contribution < 1.29 is 4.21 Å². The second-order valence-corrected chi connectivity index (χ2v) is 8.66. The molecule has 1 unspecified atom stereocenters. The second kappa shape index (κ2) is 9.99. The van der Waals surface area contributed by atoms with Gasteiger partial charge in [0.15, 0.2) is 0 Å². The van der Waals surface area contributed by atoms with Gasteiger partial charge in [-0.15, -0.1) is 11.8 Å². The van der Waals surface area contributed by atoms with E-state index >= 15 is 0 Å². The van der Waals surface area contributed by atoms with Crippen LogP contribution in [0.15, 0.2) is 46.8 Å². The van der Waals surface area contributed by atoms with Gasteiger partial charge >= 0.3 is 0 Å². The third kappa shape index (κ3) is 6.56. The van der Waals surface area contributed by atoms with Gasteiger partial charge in [-0.3, -0.25) is 4.21 Å². The zero-order valence-corrected chi connectivity index (χ0v) is 15.7. The fourth-order valence-electron chi connectivity index (χ4n) is 2.64. The Hall–Kier alpha value is -1.00. The summed E-state index contributed by atoms with van der Waals surface area (Å²) in [6, 6.07) is 10.3. The third-order valence-corrected chi connectivity index (χ3v) is 6.85. The van der Waals surface area contributed by atoms with Crippen LogP contribution in [0.25, 0.3) is 6.08 Å². The molecule has 1 aromatic carbocycles. The molecule has 1 aromatic rings. The van der Waals surface area contributed by atoms with Crippen LogP contribution in [0.4, 0.5) is 0 Å². The summed E-state index contributed by atoms with van der Waals surface area (Å²) in [7, 11) is 3.20. The fourth-order valence-corrected chi connectivity index (χ4v) is 5.22. The Labute approximate surface area is 147 Å². The molecule has 1 fully saturated rings. The van der Waals surface area contributed by atoms with Crippen LogP contribution in [0.1, 0.15) is 37.7 Å². The Kier molecular flexibility index (Phi) is 7.96. The van der Waals surface area contributed by atoms with Crippen LogP contribution in [-0.4, -0.2) is 34.2 Å². The Morgan fingerprint density at radius 1 is 1.22 bits per heavy atom. The Morgan fingerprint density at radius 2 is 1.91 bits per heavy atom. The highest BCUT2D eigenvalue weighted by molar-refractivity contribution is 8.03. The zero-order valence-electron chi connectivity index (χ0n) is 14.1. The van der Waals surface area contributed by atoms with Crippen molar-refractivity contribution in [2.75, 3.05) is 19.8 Å². The number of hydrogen-bond donors (Lipinski definition) is 0. The molecule has 1 aliphatic carbocycles. The molecule has 0 saturated heterocycles. The number of rotatable bonds is 7. The van der Waals surface area contributed by atoms with Gasteiger partial charge in [0.25, 0.3) is 0 Å². The van der Waals surface area contributed by atoms with Crippen molar-refractivity contribution in [3.05, 3.63) is 52.4 Å². The number of benzene rings is 1. The molecule has 1 saturated carbocycles. The second-order valence-electron chi connectivity index (χ2n) is 6.06. The normalized spacial score (nSPS) is 18.3. The minimum atomic E-state index is -0.847. The van der Waals surface area contributed by atoms with Crippen molar-refractivity contribution in [2.24, 2.45) is 0 Å². The Bertz CT molecular complexity index is 546. The molecule has 2 rings (SSSR count). The van der Waals surface area contributed by atoms with E-state index in [1.54, 1.807) is 11.8 Å². The Balaban J connectivity index is 1.89. The lowest BCUT2D eigenvalue weighted by Crippen LogP contribution is -2.18. The largest absolute Gasteiger partial charge is 0.372 e. The van der Waals surface area contributed by atoms with Crippen molar-refractivity contribution in [3.8, 4) is 0 Å². The van der Waals surface area contributed by atoms with Gasteiger partial charge < -0.3 is 4.90 Å². The highest BCUT2D eigenvalue weighted by Gasteiger charge is 2.19. The summed E-state index contributed by atoms with van der Waals surface area (Å²) in [5, 5.41) is 3.43. The lowest BCUT2D eigenvalue weighted by atomic mass is 10.0. The number of nitrogens with zero attached hydrogens (tertiary/aromatic N) is 1. The topological polar surface area (TPSA) is 20.3 Å². The third-order valence-electron chi connectivity index (χ3n) is 3.98. The molecular weight excluding hydrogens is 322 g/mol. The molecule has 4 heteroatoms. The van der Waals surface area contributed by atoms with Crippen LogP contribution in [-0.2, 0) is 10.8 Å². The number of thioether (sulfide) groups is 1. The van der Waals surface area contributed by atoms with E-state index in [1.165, 1.54) is 24.8 Å². The first-order chi connectivity index (χ1) is 11.2. The van der Waals surface area contributed by atoms with Gasteiger partial charge in [-0.2, -0.15) is 0 Å². The van der Waals surface area contributed by atoms with Crippen molar-refractivity contribution in [3.63, 3.8) is 0 Å². The van der Waals surface area contributed by atoms with Crippen molar-refractivity contribution in [1.82, 2.24) is 4.90 Å². The van der Waals surface area contributed by atoms with Crippen molar-refractivity contribution in [2.45, 2.75) is 37.4 Å². The lowest BCUT2D eigenvalue weighted by molar-refractivity contribution is 0.506. The molecule has 0 spiro atoms. The van der Waals surface area contributed by atoms with Crippen LogP contribution in [0.2, 0.25) is 0 Å². The fraction of sp³-hybridized carbons (Fsp3) is 0.474. The SMILES string of the molecule is CN(C)/C(=C/S(=O)C1CCCCC1)SC/C=C\c1ccccc1. The van der Waals surface area contributed by atoms with Crippen LogP contribution in [0.5, 0.6) is 0 Å². The number of hydrogen-bond acceptors (Lipinski definition) is 3. The highest BCUT2D eigenvalue weighted by atomic mass is 32.2.